The molecular formula is C21H27NO6. The Morgan fingerprint density at radius 2 is 1.71 bits per heavy atom. The smallest absolute Gasteiger partial charge is 0.330 e. The molecule has 1 heterocycles. The van der Waals surface area contributed by atoms with Crippen LogP contribution in [0.4, 0.5) is 0 Å². The Morgan fingerprint density at radius 3 is 2.29 bits per heavy atom. The van der Waals surface area contributed by atoms with Crippen LogP contribution >= 0.6 is 0 Å². The van der Waals surface area contributed by atoms with Gasteiger partial charge in [-0.25, -0.2) is 9.69 Å². The van der Waals surface area contributed by atoms with Crippen LogP contribution < -0.4 is 0 Å². The molecule has 7 heteroatoms. The second-order valence-electron chi connectivity index (χ2n) is 8.15. The molecule has 2 unspecified atom stereocenters. The van der Waals surface area contributed by atoms with Gasteiger partial charge in [-0.15, -0.1) is 0 Å². The molecule has 0 saturated heterocycles. The Hall–Kier alpha value is -2.44. The van der Waals surface area contributed by atoms with Gasteiger partial charge in [0.25, 0.3) is 11.8 Å². The molecule has 1 aliphatic heterocycles. The SMILES string of the molecule is CCCOC(=O)C=CC1C(C(=O)OCN2C(=O)C3=C(CCCC3)C2=O)C1(C)C. The largest absolute Gasteiger partial charge is 0.463 e. The van der Waals surface area contributed by atoms with Crippen molar-refractivity contribution < 1.29 is 28.7 Å². The first-order valence-corrected chi connectivity index (χ1v) is 9.88. The Kier molecular flexibility index (Phi) is 5.72. The first-order valence-electron chi connectivity index (χ1n) is 9.88. The topological polar surface area (TPSA) is 90.0 Å². The zero-order valence-corrected chi connectivity index (χ0v) is 16.7. The molecule has 0 N–H and O–H groups in total. The lowest BCUT2D eigenvalue weighted by Gasteiger charge is -2.15. The van der Waals surface area contributed by atoms with Gasteiger partial charge in [0.15, 0.2) is 6.73 Å². The van der Waals surface area contributed by atoms with Crippen LogP contribution in [0.5, 0.6) is 0 Å². The molecule has 152 valence electrons. The van der Waals surface area contributed by atoms with Gasteiger partial charge in [0.1, 0.15) is 0 Å². The molecule has 28 heavy (non-hydrogen) atoms. The number of amides is 2. The van der Waals surface area contributed by atoms with Crippen molar-refractivity contribution in [3.63, 3.8) is 0 Å². The molecule has 3 rings (SSSR count). The standard InChI is InChI=1S/C21H27NO6/c1-4-11-27-16(23)10-9-15-17(21(15,2)3)20(26)28-12-22-18(24)13-7-5-6-8-14(13)19(22)25/h9-10,15,17H,4-8,11-12H2,1-3H3. The molecule has 3 aliphatic rings. The molecule has 1 fully saturated rings. The molecule has 0 aromatic heterocycles. The highest BCUT2D eigenvalue weighted by atomic mass is 16.5. The monoisotopic (exact) mass is 389 g/mol. The van der Waals surface area contributed by atoms with Crippen molar-refractivity contribution in [2.75, 3.05) is 13.3 Å². The normalized spacial score (nSPS) is 25.9. The van der Waals surface area contributed by atoms with Crippen LogP contribution in [0.25, 0.3) is 0 Å². The van der Waals surface area contributed by atoms with Gasteiger partial charge >= 0.3 is 11.9 Å². The van der Waals surface area contributed by atoms with Crippen molar-refractivity contribution in [3.05, 3.63) is 23.3 Å². The average Bonchev–Trinajstić information content (AvgIpc) is 3.14. The molecule has 0 spiro atoms. The molecule has 0 aromatic carbocycles. The molecule has 0 radical (unpaired) electrons. The van der Waals surface area contributed by atoms with Crippen molar-refractivity contribution in [1.29, 1.82) is 0 Å². The fourth-order valence-corrected chi connectivity index (χ4v) is 4.05. The van der Waals surface area contributed by atoms with E-state index in [2.05, 4.69) is 0 Å². The van der Waals surface area contributed by atoms with E-state index in [1.807, 2.05) is 20.8 Å². The Balaban J connectivity index is 1.54. The number of allylic oxidation sites excluding steroid dienone is 1. The van der Waals surface area contributed by atoms with Crippen molar-refractivity contribution in [2.45, 2.75) is 52.9 Å². The Morgan fingerprint density at radius 1 is 1.11 bits per heavy atom. The highest BCUT2D eigenvalue weighted by molar-refractivity contribution is 6.19. The van der Waals surface area contributed by atoms with E-state index in [1.54, 1.807) is 6.08 Å². The highest BCUT2D eigenvalue weighted by Crippen LogP contribution is 2.59. The molecule has 1 saturated carbocycles. The molecule has 2 atom stereocenters. The summed E-state index contributed by atoms with van der Waals surface area (Å²) in [4.78, 5) is 49.9. The lowest BCUT2D eigenvalue weighted by Crippen LogP contribution is -2.35. The number of esters is 2. The predicted octanol–water partition coefficient (Wildman–Crippen LogP) is 2.51. The molecule has 0 bridgehead atoms. The average molecular weight is 389 g/mol. The second-order valence-corrected chi connectivity index (χ2v) is 8.15. The third-order valence-corrected chi connectivity index (χ3v) is 5.86. The number of hydrogen-bond donors (Lipinski definition) is 0. The lowest BCUT2D eigenvalue weighted by atomic mass is 9.93. The van der Waals surface area contributed by atoms with Crippen molar-refractivity contribution >= 4 is 23.8 Å². The number of ether oxygens (including phenoxy) is 2. The number of nitrogens with zero attached hydrogens (tertiary/aromatic N) is 1. The fourth-order valence-electron chi connectivity index (χ4n) is 4.05. The Bertz CT molecular complexity index is 735. The summed E-state index contributed by atoms with van der Waals surface area (Å²) in [6.07, 6.45) is 6.79. The minimum atomic E-state index is -0.466. The summed E-state index contributed by atoms with van der Waals surface area (Å²) in [6, 6.07) is 0. The van der Waals surface area contributed by atoms with Gasteiger partial charge in [-0.1, -0.05) is 26.8 Å². The summed E-state index contributed by atoms with van der Waals surface area (Å²) >= 11 is 0. The second kappa shape index (κ2) is 7.89. The van der Waals surface area contributed by atoms with Crippen LogP contribution in [-0.2, 0) is 28.7 Å². The summed E-state index contributed by atoms with van der Waals surface area (Å²) in [5, 5.41) is 0. The third-order valence-electron chi connectivity index (χ3n) is 5.86. The summed E-state index contributed by atoms with van der Waals surface area (Å²) in [5.74, 6) is -2.13. The molecule has 2 aliphatic carbocycles. The van der Waals surface area contributed by atoms with E-state index < -0.39 is 17.9 Å². The predicted molar refractivity (Wildman–Crippen MR) is 99.5 cm³/mol. The van der Waals surface area contributed by atoms with Crippen LogP contribution in [0.15, 0.2) is 23.3 Å². The lowest BCUT2D eigenvalue weighted by molar-refractivity contribution is -0.157. The van der Waals surface area contributed by atoms with Gasteiger partial charge in [0, 0.05) is 17.2 Å². The van der Waals surface area contributed by atoms with Crippen LogP contribution in [0.3, 0.4) is 0 Å². The van der Waals surface area contributed by atoms with Crippen LogP contribution in [0, 0.1) is 17.3 Å². The van der Waals surface area contributed by atoms with Gasteiger partial charge in [-0.2, -0.15) is 0 Å². The quantitative estimate of drug-likeness (QED) is 0.378. The van der Waals surface area contributed by atoms with E-state index in [4.69, 9.17) is 9.47 Å². The summed E-state index contributed by atoms with van der Waals surface area (Å²) in [7, 11) is 0. The van der Waals surface area contributed by atoms with Gasteiger partial charge in [-0.3, -0.25) is 14.4 Å². The van der Waals surface area contributed by atoms with Gasteiger partial charge in [-0.05, 0) is 43.4 Å². The van der Waals surface area contributed by atoms with E-state index in [0.29, 0.717) is 30.6 Å². The molecule has 2 amide bonds. The highest BCUT2D eigenvalue weighted by Gasteiger charge is 2.61. The van der Waals surface area contributed by atoms with Crippen LogP contribution in [0.2, 0.25) is 0 Å². The van der Waals surface area contributed by atoms with Crippen molar-refractivity contribution in [3.8, 4) is 0 Å². The van der Waals surface area contributed by atoms with E-state index in [9.17, 15) is 19.2 Å². The third kappa shape index (κ3) is 3.75. The van der Waals surface area contributed by atoms with E-state index in [0.717, 1.165) is 24.2 Å². The zero-order chi connectivity index (χ0) is 20.5. The maximum absolute atomic E-state index is 12.5. The van der Waals surface area contributed by atoms with Crippen molar-refractivity contribution in [1.82, 2.24) is 4.90 Å². The zero-order valence-electron chi connectivity index (χ0n) is 16.7. The van der Waals surface area contributed by atoms with Crippen LogP contribution in [0.1, 0.15) is 52.9 Å². The van der Waals surface area contributed by atoms with Gasteiger partial charge < -0.3 is 9.47 Å². The number of carbonyl (C=O) groups is 4. The maximum Gasteiger partial charge on any atom is 0.330 e. The van der Waals surface area contributed by atoms with E-state index in [1.165, 1.54) is 6.08 Å². The van der Waals surface area contributed by atoms with Gasteiger partial charge in [0.2, 0.25) is 0 Å². The van der Waals surface area contributed by atoms with Crippen molar-refractivity contribution in [2.24, 2.45) is 17.3 Å². The first-order chi connectivity index (χ1) is 13.3. The molecule has 7 nitrogen and oxygen atoms in total. The number of carbonyl (C=O) groups excluding carboxylic acids is 4. The Labute approximate surface area is 164 Å². The minimum absolute atomic E-state index is 0.148. The number of rotatable bonds is 7. The fraction of sp³-hybridized carbons (Fsp3) is 0.619. The number of imide groups is 1. The summed E-state index contributed by atoms with van der Waals surface area (Å²) in [6.45, 7) is 5.74. The molecule has 0 aromatic rings. The van der Waals surface area contributed by atoms with E-state index >= 15 is 0 Å². The maximum atomic E-state index is 12.5. The number of hydrogen-bond acceptors (Lipinski definition) is 6. The van der Waals surface area contributed by atoms with Crippen LogP contribution in [-0.4, -0.2) is 42.0 Å². The first kappa shape index (κ1) is 20.3. The van der Waals surface area contributed by atoms with Gasteiger partial charge in [0.05, 0.1) is 12.5 Å². The molecular weight excluding hydrogens is 362 g/mol. The summed E-state index contributed by atoms with van der Waals surface area (Å²) < 4.78 is 10.3. The minimum Gasteiger partial charge on any atom is -0.463 e. The van der Waals surface area contributed by atoms with E-state index in [-0.39, 0.29) is 29.9 Å². The summed E-state index contributed by atoms with van der Waals surface area (Å²) in [5.41, 5.74) is 0.797.